The third-order valence-corrected chi connectivity index (χ3v) is 5.61. The Morgan fingerprint density at radius 3 is 1.70 bits per heavy atom. The van der Waals surface area contributed by atoms with Crippen molar-refractivity contribution in [1.29, 1.82) is 0 Å². The molecule has 134 valence electrons. The largest absolute Gasteiger partial charge is 1.00 e. The van der Waals surface area contributed by atoms with Crippen molar-refractivity contribution >= 4 is 10.1 Å². The smallest absolute Gasteiger partial charge is 0.748 e. The molecule has 2 unspecified atom stereocenters. The third-order valence-electron chi connectivity index (χ3n) is 4.32. The fraction of sp³-hybridized carbons (Fsp3) is 1.00. The van der Waals surface area contributed by atoms with Crippen LogP contribution < -0.4 is 29.6 Å². The Morgan fingerprint density at radius 2 is 1.26 bits per heavy atom. The maximum Gasteiger partial charge on any atom is 1.00 e. The predicted octanol–water partition coefficient (Wildman–Crippen LogP) is 1.38. The first-order chi connectivity index (χ1) is 10.4. The quantitative estimate of drug-likeness (QED) is 0.272. The van der Waals surface area contributed by atoms with E-state index in [1.54, 1.807) is 0 Å². The van der Waals surface area contributed by atoms with Gasteiger partial charge in [-0.1, -0.05) is 71.6 Å². The van der Waals surface area contributed by atoms with Gasteiger partial charge in [-0.15, -0.1) is 0 Å². The van der Waals surface area contributed by atoms with E-state index in [-0.39, 0.29) is 35.7 Å². The molecular weight excluding hydrogens is 323 g/mol. The van der Waals surface area contributed by atoms with E-state index < -0.39 is 15.4 Å². The van der Waals surface area contributed by atoms with Crippen LogP contribution in [0.15, 0.2) is 0 Å². The maximum atomic E-state index is 11.2. The molecule has 2 atom stereocenters. The average molecular weight is 359 g/mol. The Bertz CT molecular complexity index is 347. The molecule has 0 saturated carbocycles. The molecule has 0 aromatic carbocycles. The molecule has 6 heteroatoms. The Hall–Kier alpha value is 0.870. The fourth-order valence-electron chi connectivity index (χ4n) is 2.72. The molecule has 0 aliphatic carbocycles. The minimum absolute atomic E-state index is 0. The van der Waals surface area contributed by atoms with Gasteiger partial charge in [-0.25, -0.2) is 8.42 Å². The van der Waals surface area contributed by atoms with Crippen molar-refractivity contribution in [3.05, 3.63) is 0 Å². The summed E-state index contributed by atoms with van der Waals surface area (Å²) in [5, 5.41) is 8.76. The summed E-state index contributed by atoms with van der Waals surface area (Å²) >= 11 is 0. The molecule has 0 aromatic heterocycles. The molecule has 0 amide bonds. The van der Waals surface area contributed by atoms with Crippen LogP contribution in [0.5, 0.6) is 0 Å². The van der Waals surface area contributed by atoms with Crippen molar-refractivity contribution in [2.45, 2.75) is 109 Å². The summed E-state index contributed by atoms with van der Waals surface area (Å²) in [6.45, 7) is 4.06. The van der Waals surface area contributed by atoms with Gasteiger partial charge in [0.05, 0.1) is 16.2 Å². The summed E-state index contributed by atoms with van der Waals surface area (Å²) in [4.78, 5) is 0. The molecule has 0 saturated heterocycles. The van der Waals surface area contributed by atoms with E-state index in [1.165, 1.54) is 0 Å². The van der Waals surface area contributed by atoms with Gasteiger partial charge in [0.1, 0.15) is 0 Å². The molecule has 0 fully saturated rings. The van der Waals surface area contributed by atoms with Gasteiger partial charge in [-0.3, -0.25) is 0 Å². The molecular formula is C17H35NaO4S. The number of aliphatic hydroxyl groups excluding tert-OH is 1. The van der Waals surface area contributed by atoms with E-state index in [2.05, 4.69) is 6.92 Å². The monoisotopic (exact) mass is 358 g/mol. The van der Waals surface area contributed by atoms with Gasteiger partial charge in [-0.2, -0.15) is 0 Å². The maximum absolute atomic E-state index is 11.2. The van der Waals surface area contributed by atoms with Crippen molar-refractivity contribution < 1.29 is 47.6 Å². The summed E-state index contributed by atoms with van der Waals surface area (Å²) in [5.41, 5.74) is 0. The number of unbranched alkanes of at least 4 members (excludes halogenated alkanes) is 7. The normalized spacial score (nSPS) is 14.3. The number of hydrogen-bond donors (Lipinski definition) is 1. The minimum Gasteiger partial charge on any atom is -0.748 e. The molecule has 0 bridgehead atoms. The van der Waals surface area contributed by atoms with Crippen molar-refractivity contribution in [3.63, 3.8) is 0 Å². The zero-order valence-corrected chi connectivity index (χ0v) is 18.2. The summed E-state index contributed by atoms with van der Waals surface area (Å²) in [6.07, 6.45) is 11.7. The Morgan fingerprint density at radius 1 is 0.826 bits per heavy atom. The number of rotatable bonds is 15. The Labute approximate surface area is 165 Å². The molecule has 0 rings (SSSR count). The van der Waals surface area contributed by atoms with Crippen LogP contribution >= 0.6 is 0 Å². The van der Waals surface area contributed by atoms with Crippen molar-refractivity contribution in [2.75, 3.05) is 0 Å². The number of hydrogen-bond acceptors (Lipinski definition) is 4. The summed E-state index contributed by atoms with van der Waals surface area (Å²) in [7, 11) is -4.14. The van der Waals surface area contributed by atoms with Crippen LogP contribution in [0.25, 0.3) is 0 Å². The van der Waals surface area contributed by atoms with Crippen LogP contribution in [0.3, 0.4) is 0 Å². The second-order valence-electron chi connectivity index (χ2n) is 6.37. The van der Waals surface area contributed by atoms with E-state index >= 15 is 0 Å². The van der Waals surface area contributed by atoms with Gasteiger partial charge < -0.3 is 9.66 Å². The number of aliphatic hydroxyl groups is 1. The fourth-order valence-corrected chi connectivity index (χ4v) is 3.63. The predicted molar refractivity (Wildman–Crippen MR) is 90.9 cm³/mol. The van der Waals surface area contributed by atoms with Crippen molar-refractivity contribution in [2.24, 2.45) is 0 Å². The topological polar surface area (TPSA) is 77.4 Å². The van der Waals surface area contributed by atoms with E-state index in [9.17, 15) is 18.1 Å². The van der Waals surface area contributed by atoms with Crippen molar-refractivity contribution in [3.8, 4) is 0 Å². The molecule has 0 aliphatic heterocycles. The average Bonchev–Trinajstić information content (AvgIpc) is 2.46. The SMILES string of the molecule is CCCCCC(CCCCCCCCC(O)CC)S(=O)(=O)[O-].[Na+]. The summed E-state index contributed by atoms with van der Waals surface area (Å²) in [6, 6.07) is 0. The Kier molecular flexibility index (Phi) is 18.5. The molecule has 0 spiro atoms. The Balaban J connectivity index is 0. The summed E-state index contributed by atoms with van der Waals surface area (Å²) in [5.74, 6) is 0. The van der Waals surface area contributed by atoms with Gasteiger partial charge >= 0.3 is 29.6 Å². The van der Waals surface area contributed by atoms with Gasteiger partial charge in [0.15, 0.2) is 0 Å². The second kappa shape index (κ2) is 16.3. The van der Waals surface area contributed by atoms with Gasteiger partial charge in [-0.05, 0) is 25.7 Å². The zero-order chi connectivity index (χ0) is 16.8. The molecule has 0 heterocycles. The van der Waals surface area contributed by atoms with Crippen LogP contribution in [0.2, 0.25) is 0 Å². The third kappa shape index (κ3) is 16.1. The van der Waals surface area contributed by atoms with Crippen LogP contribution in [-0.4, -0.2) is 29.4 Å². The van der Waals surface area contributed by atoms with Gasteiger partial charge in [0.25, 0.3) is 0 Å². The minimum atomic E-state index is -4.14. The zero-order valence-electron chi connectivity index (χ0n) is 15.4. The van der Waals surface area contributed by atoms with Crippen LogP contribution in [0, 0.1) is 0 Å². The molecule has 4 nitrogen and oxygen atoms in total. The van der Waals surface area contributed by atoms with E-state index in [0.29, 0.717) is 12.8 Å². The van der Waals surface area contributed by atoms with Gasteiger partial charge in [0.2, 0.25) is 0 Å². The van der Waals surface area contributed by atoms with E-state index in [0.717, 1.165) is 70.6 Å². The standard InChI is InChI=1S/C17H36O4S.Na/c1-3-5-10-14-17(22(19,20)21)15-12-9-7-6-8-11-13-16(18)4-2;/h16-18H,3-15H2,1-2H3,(H,19,20,21);/q;+1/p-1. The van der Waals surface area contributed by atoms with Crippen molar-refractivity contribution in [1.82, 2.24) is 0 Å². The second-order valence-corrected chi connectivity index (χ2v) is 8.02. The van der Waals surface area contributed by atoms with Crippen LogP contribution in [-0.2, 0) is 10.1 Å². The molecule has 0 aliphatic rings. The van der Waals surface area contributed by atoms with E-state index in [4.69, 9.17) is 0 Å². The first-order valence-corrected chi connectivity index (χ1v) is 10.5. The van der Waals surface area contributed by atoms with E-state index in [1.807, 2.05) is 6.92 Å². The summed E-state index contributed by atoms with van der Waals surface area (Å²) < 4.78 is 33.7. The molecule has 23 heavy (non-hydrogen) atoms. The molecule has 1 N–H and O–H groups in total. The molecule has 0 radical (unpaired) electrons. The van der Waals surface area contributed by atoms with Gasteiger partial charge in [0, 0.05) is 5.25 Å². The molecule has 0 aromatic rings. The van der Waals surface area contributed by atoms with Crippen LogP contribution in [0.4, 0.5) is 0 Å². The first kappa shape index (κ1) is 26.1. The first-order valence-electron chi connectivity index (χ1n) is 9.04. The van der Waals surface area contributed by atoms with Crippen LogP contribution in [0.1, 0.15) is 97.3 Å².